The van der Waals surface area contributed by atoms with Crippen LogP contribution < -0.4 is 4.90 Å². The zero-order valence-electron chi connectivity index (χ0n) is 12.5. The predicted molar refractivity (Wildman–Crippen MR) is 85.8 cm³/mol. The van der Waals surface area contributed by atoms with Crippen molar-refractivity contribution in [2.75, 3.05) is 45.2 Å². The van der Waals surface area contributed by atoms with Crippen LogP contribution in [0, 0.1) is 0 Å². The summed E-state index contributed by atoms with van der Waals surface area (Å²) in [6.45, 7) is 3.55. The summed E-state index contributed by atoms with van der Waals surface area (Å²) in [6.07, 6.45) is 0.883. The first-order valence-electron chi connectivity index (χ1n) is 6.76. The molecule has 0 bridgehead atoms. The van der Waals surface area contributed by atoms with Crippen molar-refractivity contribution in [2.24, 2.45) is 0 Å². The van der Waals surface area contributed by atoms with Crippen molar-refractivity contribution < 1.29 is 13.5 Å². The largest absolute Gasteiger partial charge is 0.385 e. The number of hydrogen-bond donors (Lipinski definition) is 1. The average Bonchev–Trinajstić information content (AvgIpc) is 2.47. The number of piperazine rings is 1. The quantitative estimate of drug-likeness (QED) is 0.841. The summed E-state index contributed by atoms with van der Waals surface area (Å²) in [5.41, 5.74) is 0. The molecule has 0 aromatic carbocycles. The van der Waals surface area contributed by atoms with E-state index in [1.54, 1.807) is 19.2 Å². The van der Waals surface area contributed by atoms with E-state index in [9.17, 15) is 13.5 Å². The van der Waals surface area contributed by atoms with Gasteiger partial charge in [0, 0.05) is 46.5 Å². The Hall–Kier alpha value is -1.29. The number of aliphatic hydroxyl groups is 1. The maximum Gasteiger partial charge on any atom is 0.281 e. The molecule has 0 saturated carbocycles. The Morgan fingerprint density at radius 2 is 1.86 bits per heavy atom. The molecule has 22 heavy (non-hydrogen) atoms. The smallest absolute Gasteiger partial charge is 0.281 e. The molecule has 0 radical (unpaired) electrons. The van der Waals surface area contributed by atoms with E-state index in [4.69, 9.17) is 0 Å². The van der Waals surface area contributed by atoms with Crippen LogP contribution in [0.1, 0.15) is 26.3 Å². The first-order chi connectivity index (χ1) is 9.82. The Morgan fingerprint density at radius 3 is 2.36 bits per heavy atom. The third-order valence-corrected chi connectivity index (χ3v) is 5.32. The van der Waals surface area contributed by atoms with Crippen LogP contribution in [0.5, 0.6) is 0 Å². The molecule has 1 aromatic rings. The molecule has 0 unspecified atom stereocenters. The molecule has 1 N–H and O–H groups in total. The second-order valence-corrected chi connectivity index (χ2v) is 7.27. The third-order valence-electron chi connectivity index (χ3n) is 3.38. The van der Waals surface area contributed by atoms with E-state index in [2.05, 4.69) is 9.97 Å². The topological polar surface area (TPSA) is 89.9 Å². The Bertz CT molecular complexity index is 583. The second-order valence-electron chi connectivity index (χ2n) is 5.13. The minimum absolute atomic E-state index is 0. The number of nitrogens with zero attached hydrogens (tertiary/aromatic N) is 5. The van der Waals surface area contributed by atoms with Crippen molar-refractivity contribution in [2.45, 2.75) is 20.5 Å². The summed E-state index contributed by atoms with van der Waals surface area (Å²) < 4.78 is 26.8. The molecular weight excluding hydrogens is 306 g/mol. The monoisotopic (exact) mass is 331 g/mol. The van der Waals surface area contributed by atoms with Crippen LogP contribution in [0.25, 0.3) is 0 Å². The molecule has 2 heterocycles. The Morgan fingerprint density at radius 1 is 1.27 bits per heavy atom. The van der Waals surface area contributed by atoms with Gasteiger partial charge in [0.2, 0.25) is 0 Å². The van der Waals surface area contributed by atoms with Crippen LogP contribution in [0.15, 0.2) is 12.3 Å². The molecule has 126 valence electrons. The molecule has 1 aromatic heterocycles. The highest BCUT2D eigenvalue weighted by molar-refractivity contribution is 7.86. The van der Waals surface area contributed by atoms with Gasteiger partial charge >= 0.3 is 0 Å². The zero-order chi connectivity index (χ0) is 15.6. The minimum atomic E-state index is -3.36. The van der Waals surface area contributed by atoms with Crippen LogP contribution in [-0.4, -0.2) is 72.4 Å². The molecule has 0 spiro atoms. The van der Waals surface area contributed by atoms with Crippen LogP contribution in [0.2, 0.25) is 0 Å². The van der Waals surface area contributed by atoms with Gasteiger partial charge in [0.1, 0.15) is 11.9 Å². The highest BCUT2D eigenvalue weighted by Gasteiger charge is 2.29. The summed E-state index contributed by atoms with van der Waals surface area (Å²) >= 11 is 0. The molecular formula is C13H25N5O3S. The van der Waals surface area contributed by atoms with Crippen molar-refractivity contribution >= 4 is 16.0 Å². The van der Waals surface area contributed by atoms with Crippen LogP contribution >= 0.6 is 0 Å². The minimum Gasteiger partial charge on any atom is -0.385 e. The van der Waals surface area contributed by atoms with E-state index in [1.165, 1.54) is 22.7 Å². The van der Waals surface area contributed by atoms with Gasteiger partial charge in [-0.2, -0.15) is 17.0 Å². The molecule has 1 atom stereocenters. The van der Waals surface area contributed by atoms with E-state index in [0.29, 0.717) is 37.8 Å². The average molecular weight is 331 g/mol. The van der Waals surface area contributed by atoms with Crippen molar-refractivity contribution in [1.82, 2.24) is 18.6 Å². The van der Waals surface area contributed by atoms with Gasteiger partial charge in [0.15, 0.2) is 5.82 Å². The summed E-state index contributed by atoms with van der Waals surface area (Å²) in [5.74, 6) is 1.08. The van der Waals surface area contributed by atoms with Crippen molar-refractivity contribution in [3.8, 4) is 0 Å². The van der Waals surface area contributed by atoms with Gasteiger partial charge < -0.3 is 10.0 Å². The fourth-order valence-corrected chi connectivity index (χ4v) is 3.21. The van der Waals surface area contributed by atoms with E-state index in [0.717, 1.165) is 0 Å². The molecule has 1 fully saturated rings. The standard InChI is InChI=1S/C12H21N5O3S.CH4/c1-10(18)12-13-5-4-11(14-12)16-6-8-17(9-7-16)21(19,20)15(2)3;/h4-5,10,18H,6-9H2,1-3H3;1H4/t10-;/m1./s1. The summed E-state index contributed by atoms with van der Waals surface area (Å²) in [6, 6.07) is 1.77. The maximum atomic E-state index is 12.0. The Balaban J connectivity index is 0.00000242. The first kappa shape index (κ1) is 18.8. The van der Waals surface area contributed by atoms with E-state index >= 15 is 0 Å². The predicted octanol–water partition coefficient (Wildman–Crippen LogP) is 0.0944. The number of aromatic nitrogens is 2. The van der Waals surface area contributed by atoms with Gasteiger partial charge in [-0.3, -0.25) is 0 Å². The van der Waals surface area contributed by atoms with Gasteiger partial charge in [-0.25, -0.2) is 9.97 Å². The van der Waals surface area contributed by atoms with Gasteiger partial charge in [0.25, 0.3) is 10.2 Å². The highest BCUT2D eigenvalue weighted by Crippen LogP contribution is 2.17. The lowest BCUT2D eigenvalue weighted by Gasteiger charge is -2.35. The lowest BCUT2D eigenvalue weighted by Crippen LogP contribution is -2.51. The van der Waals surface area contributed by atoms with Crippen LogP contribution in [0.3, 0.4) is 0 Å². The van der Waals surface area contributed by atoms with Gasteiger partial charge in [-0.1, -0.05) is 7.43 Å². The van der Waals surface area contributed by atoms with Crippen LogP contribution in [-0.2, 0) is 10.2 Å². The molecule has 1 saturated heterocycles. The van der Waals surface area contributed by atoms with E-state index < -0.39 is 16.3 Å². The first-order valence-corrected chi connectivity index (χ1v) is 8.15. The fraction of sp³-hybridized carbons (Fsp3) is 0.692. The molecule has 1 aliphatic heterocycles. The molecule has 8 nitrogen and oxygen atoms in total. The lowest BCUT2D eigenvalue weighted by atomic mass is 10.3. The Kier molecular flexibility index (Phi) is 6.24. The van der Waals surface area contributed by atoms with Crippen LogP contribution in [0.4, 0.5) is 5.82 Å². The molecule has 0 amide bonds. The van der Waals surface area contributed by atoms with Crippen molar-refractivity contribution in [3.05, 3.63) is 18.1 Å². The lowest BCUT2D eigenvalue weighted by molar-refractivity contribution is 0.189. The van der Waals surface area contributed by atoms with Gasteiger partial charge in [-0.15, -0.1) is 0 Å². The molecule has 1 aliphatic rings. The maximum absolute atomic E-state index is 12.0. The van der Waals surface area contributed by atoms with Crippen molar-refractivity contribution in [3.63, 3.8) is 0 Å². The van der Waals surface area contributed by atoms with E-state index in [-0.39, 0.29) is 7.43 Å². The number of anilines is 1. The van der Waals surface area contributed by atoms with E-state index in [1.807, 2.05) is 4.90 Å². The highest BCUT2D eigenvalue weighted by atomic mass is 32.2. The SMILES string of the molecule is C.C[C@@H](O)c1nccc(N2CCN(S(=O)(=O)N(C)C)CC2)n1. The number of rotatable bonds is 4. The number of aliphatic hydroxyl groups excluding tert-OH is 1. The summed E-state index contributed by atoms with van der Waals surface area (Å²) in [5, 5.41) is 9.52. The normalized spacial score (nSPS) is 18.1. The van der Waals surface area contributed by atoms with Gasteiger partial charge in [-0.05, 0) is 13.0 Å². The molecule has 9 heteroatoms. The second kappa shape index (κ2) is 7.32. The zero-order valence-corrected chi connectivity index (χ0v) is 13.3. The fourth-order valence-electron chi connectivity index (χ4n) is 2.12. The van der Waals surface area contributed by atoms with Crippen molar-refractivity contribution in [1.29, 1.82) is 0 Å². The molecule has 0 aliphatic carbocycles. The third kappa shape index (κ3) is 3.92. The van der Waals surface area contributed by atoms with Gasteiger partial charge in [0.05, 0.1) is 0 Å². The summed E-state index contributed by atoms with van der Waals surface area (Å²) in [7, 11) is -0.302. The summed E-state index contributed by atoms with van der Waals surface area (Å²) in [4.78, 5) is 10.3. The number of hydrogen-bond acceptors (Lipinski definition) is 6. The Labute approximate surface area is 132 Å². The molecule has 2 rings (SSSR count).